The number of rotatable bonds is 5. The van der Waals surface area contributed by atoms with E-state index in [0.717, 1.165) is 22.4 Å². The van der Waals surface area contributed by atoms with Crippen molar-refractivity contribution in [3.63, 3.8) is 0 Å². The fraction of sp³-hybridized carbons (Fsp3) is 0.222. The Bertz CT molecular complexity index is 1150. The second-order valence-corrected chi connectivity index (χ2v) is 8.77. The Labute approximate surface area is 155 Å². The summed E-state index contributed by atoms with van der Waals surface area (Å²) in [5.41, 5.74) is 1.96. The SMILES string of the molecule is CC(C)n1c(=O)sc2cc(S(=O)(=O)Nc3ccc(CC#N)cc3)ccc21. The average molecular weight is 387 g/mol. The van der Waals surface area contributed by atoms with Crippen LogP contribution in [0.2, 0.25) is 0 Å². The second-order valence-electron chi connectivity index (χ2n) is 6.10. The number of thiazole rings is 1. The lowest BCUT2D eigenvalue weighted by molar-refractivity contribution is 0.601. The van der Waals surface area contributed by atoms with Gasteiger partial charge in [-0.15, -0.1) is 0 Å². The van der Waals surface area contributed by atoms with Gasteiger partial charge in [-0.3, -0.25) is 14.1 Å². The van der Waals surface area contributed by atoms with E-state index < -0.39 is 10.0 Å². The highest BCUT2D eigenvalue weighted by molar-refractivity contribution is 7.92. The molecule has 8 heteroatoms. The Morgan fingerprint density at radius 2 is 1.88 bits per heavy atom. The summed E-state index contributed by atoms with van der Waals surface area (Å²) in [5.74, 6) is 0. The molecular weight excluding hydrogens is 370 g/mol. The van der Waals surface area contributed by atoms with E-state index in [4.69, 9.17) is 5.26 Å². The van der Waals surface area contributed by atoms with Gasteiger partial charge in [0.05, 0.1) is 27.6 Å². The zero-order valence-electron chi connectivity index (χ0n) is 14.3. The number of nitriles is 1. The summed E-state index contributed by atoms with van der Waals surface area (Å²) in [6, 6.07) is 13.4. The number of aromatic nitrogens is 1. The maximum Gasteiger partial charge on any atom is 0.308 e. The van der Waals surface area contributed by atoms with E-state index in [9.17, 15) is 13.2 Å². The van der Waals surface area contributed by atoms with Gasteiger partial charge in [-0.05, 0) is 49.7 Å². The molecule has 0 saturated heterocycles. The van der Waals surface area contributed by atoms with Crippen LogP contribution >= 0.6 is 11.3 Å². The smallest absolute Gasteiger partial charge is 0.296 e. The van der Waals surface area contributed by atoms with Gasteiger partial charge in [-0.25, -0.2) is 8.42 Å². The first-order valence-corrected chi connectivity index (χ1v) is 10.3. The highest BCUT2D eigenvalue weighted by Gasteiger charge is 2.17. The molecular formula is C18H17N3O3S2. The van der Waals surface area contributed by atoms with Crippen LogP contribution in [0.15, 0.2) is 52.2 Å². The van der Waals surface area contributed by atoms with Crippen LogP contribution in [0.5, 0.6) is 0 Å². The zero-order chi connectivity index (χ0) is 18.9. The molecule has 0 atom stereocenters. The fourth-order valence-corrected chi connectivity index (χ4v) is 4.88. The van der Waals surface area contributed by atoms with Crippen LogP contribution in [-0.2, 0) is 16.4 Å². The van der Waals surface area contributed by atoms with Crippen LogP contribution in [0.4, 0.5) is 5.69 Å². The topological polar surface area (TPSA) is 92.0 Å². The van der Waals surface area contributed by atoms with E-state index in [0.29, 0.717) is 10.4 Å². The molecule has 3 aromatic rings. The molecule has 0 spiro atoms. The molecule has 1 N–H and O–H groups in total. The number of benzene rings is 2. The third kappa shape index (κ3) is 3.49. The minimum atomic E-state index is -3.77. The molecule has 0 aliphatic carbocycles. The maximum absolute atomic E-state index is 12.6. The number of hydrogen-bond donors (Lipinski definition) is 1. The number of fused-ring (bicyclic) bond motifs is 1. The number of hydrogen-bond acceptors (Lipinski definition) is 5. The normalized spacial score (nSPS) is 11.6. The van der Waals surface area contributed by atoms with Gasteiger partial charge >= 0.3 is 4.87 Å². The first-order valence-electron chi connectivity index (χ1n) is 7.95. The van der Waals surface area contributed by atoms with Crippen molar-refractivity contribution in [3.8, 4) is 6.07 Å². The van der Waals surface area contributed by atoms with Crippen LogP contribution in [0.3, 0.4) is 0 Å². The molecule has 0 fully saturated rings. The second kappa shape index (κ2) is 6.94. The summed E-state index contributed by atoms with van der Waals surface area (Å²) >= 11 is 1.04. The molecule has 134 valence electrons. The van der Waals surface area contributed by atoms with E-state index in [1.807, 2.05) is 19.9 Å². The number of anilines is 1. The van der Waals surface area contributed by atoms with Crippen molar-refractivity contribution >= 4 is 37.3 Å². The van der Waals surface area contributed by atoms with Gasteiger partial charge in [0, 0.05) is 11.7 Å². The van der Waals surface area contributed by atoms with Crippen LogP contribution in [0.25, 0.3) is 10.2 Å². The van der Waals surface area contributed by atoms with E-state index in [1.165, 1.54) is 12.1 Å². The molecule has 0 bridgehead atoms. The van der Waals surface area contributed by atoms with Crippen molar-refractivity contribution in [1.82, 2.24) is 4.57 Å². The number of nitrogens with zero attached hydrogens (tertiary/aromatic N) is 2. The number of nitrogens with one attached hydrogen (secondary N) is 1. The lowest BCUT2D eigenvalue weighted by atomic mass is 10.1. The molecule has 0 radical (unpaired) electrons. The predicted molar refractivity (Wildman–Crippen MR) is 103 cm³/mol. The largest absolute Gasteiger partial charge is 0.308 e. The molecule has 0 aliphatic heterocycles. The summed E-state index contributed by atoms with van der Waals surface area (Å²) in [7, 11) is -3.77. The predicted octanol–water partition coefficient (Wildman–Crippen LogP) is 3.51. The summed E-state index contributed by atoms with van der Waals surface area (Å²) in [4.78, 5) is 12.1. The average Bonchev–Trinajstić information content (AvgIpc) is 2.91. The lowest BCUT2D eigenvalue weighted by Crippen LogP contribution is -2.15. The summed E-state index contributed by atoms with van der Waals surface area (Å²) in [6.45, 7) is 3.82. The highest BCUT2D eigenvalue weighted by Crippen LogP contribution is 2.25. The van der Waals surface area contributed by atoms with Crippen LogP contribution in [0.1, 0.15) is 25.5 Å². The fourth-order valence-electron chi connectivity index (χ4n) is 2.67. The van der Waals surface area contributed by atoms with E-state index in [-0.39, 0.29) is 22.2 Å². The van der Waals surface area contributed by atoms with Crippen molar-refractivity contribution in [2.75, 3.05) is 4.72 Å². The first-order chi connectivity index (χ1) is 12.3. The van der Waals surface area contributed by atoms with Gasteiger partial charge in [0.15, 0.2) is 0 Å². The van der Waals surface area contributed by atoms with E-state index >= 15 is 0 Å². The van der Waals surface area contributed by atoms with Crippen LogP contribution in [0, 0.1) is 11.3 Å². The van der Waals surface area contributed by atoms with Gasteiger partial charge in [-0.1, -0.05) is 23.5 Å². The summed E-state index contributed by atoms with van der Waals surface area (Å²) < 4.78 is 30.1. The Hall–Kier alpha value is -2.63. The van der Waals surface area contributed by atoms with Gasteiger partial charge in [0.25, 0.3) is 10.0 Å². The van der Waals surface area contributed by atoms with E-state index in [2.05, 4.69) is 4.72 Å². The van der Waals surface area contributed by atoms with Gasteiger partial charge in [0.1, 0.15) is 0 Å². The van der Waals surface area contributed by atoms with Gasteiger partial charge in [-0.2, -0.15) is 5.26 Å². The van der Waals surface area contributed by atoms with Gasteiger partial charge in [0.2, 0.25) is 0 Å². The molecule has 0 unspecified atom stereocenters. The van der Waals surface area contributed by atoms with Crippen molar-refractivity contribution in [1.29, 1.82) is 5.26 Å². The highest BCUT2D eigenvalue weighted by atomic mass is 32.2. The van der Waals surface area contributed by atoms with E-state index in [1.54, 1.807) is 34.9 Å². The van der Waals surface area contributed by atoms with Crippen molar-refractivity contribution in [2.24, 2.45) is 0 Å². The third-order valence-electron chi connectivity index (χ3n) is 3.90. The molecule has 0 saturated carbocycles. The van der Waals surface area contributed by atoms with Gasteiger partial charge < -0.3 is 0 Å². The Balaban J connectivity index is 1.94. The van der Waals surface area contributed by atoms with Crippen LogP contribution in [-0.4, -0.2) is 13.0 Å². The molecule has 1 aromatic heterocycles. The first kappa shape index (κ1) is 18.2. The Morgan fingerprint density at radius 3 is 2.50 bits per heavy atom. The minimum absolute atomic E-state index is 0.00348. The van der Waals surface area contributed by atoms with Crippen molar-refractivity contribution in [3.05, 3.63) is 57.7 Å². The molecule has 3 rings (SSSR count). The molecule has 1 heterocycles. The summed E-state index contributed by atoms with van der Waals surface area (Å²) in [5, 5.41) is 8.68. The molecule has 0 amide bonds. The molecule has 0 aliphatic rings. The Kier molecular flexibility index (Phi) is 4.85. The minimum Gasteiger partial charge on any atom is -0.296 e. The number of sulfonamides is 1. The van der Waals surface area contributed by atoms with Crippen molar-refractivity contribution in [2.45, 2.75) is 31.2 Å². The molecule has 6 nitrogen and oxygen atoms in total. The van der Waals surface area contributed by atoms with Crippen LogP contribution < -0.4 is 9.60 Å². The monoisotopic (exact) mass is 387 g/mol. The molecule has 2 aromatic carbocycles. The molecule has 26 heavy (non-hydrogen) atoms. The summed E-state index contributed by atoms with van der Waals surface area (Å²) in [6.07, 6.45) is 0.273. The maximum atomic E-state index is 12.6. The third-order valence-corrected chi connectivity index (χ3v) is 6.20. The standard InChI is InChI=1S/C18H17N3O3S2/c1-12(2)21-16-8-7-15(11-17(16)25-18(21)22)26(23,24)20-14-5-3-13(4-6-14)9-10-19/h3-8,11-12,20H,9H2,1-2H3. The lowest BCUT2D eigenvalue weighted by Gasteiger charge is -2.10. The quantitative estimate of drug-likeness (QED) is 0.725. The zero-order valence-corrected chi connectivity index (χ0v) is 15.9. The van der Waals surface area contributed by atoms with Crippen molar-refractivity contribution < 1.29 is 8.42 Å². The Morgan fingerprint density at radius 1 is 1.19 bits per heavy atom.